The van der Waals surface area contributed by atoms with Gasteiger partial charge in [0.15, 0.2) is 0 Å². The highest BCUT2D eigenvalue weighted by atomic mass is 15.1. The number of aromatic nitrogens is 2. The van der Waals surface area contributed by atoms with Crippen LogP contribution in [0.3, 0.4) is 0 Å². The standard InChI is InChI=1S/C40H28N8/c1-3-15-31-29(13-1)33(21-23-35(31)43-45-37-17-5-7-19-39(37)47-25-9-10-26-47)41-42-34-22-24-36(32-16-4-2-14-30(32)34)44-46-38-18-6-8-20-40(38)48-27-11-12-28-48/h1-28H. The van der Waals surface area contributed by atoms with Gasteiger partial charge in [-0.15, -0.1) is 30.7 Å². The Kier molecular flexibility index (Phi) is 7.70. The molecule has 48 heavy (non-hydrogen) atoms. The molecule has 0 amide bonds. The maximum atomic E-state index is 4.72. The molecule has 8 nitrogen and oxygen atoms in total. The van der Waals surface area contributed by atoms with Gasteiger partial charge in [0.05, 0.1) is 34.1 Å². The molecule has 2 heterocycles. The SMILES string of the molecule is c1ccc(-n2cccc2)c(N=Nc2ccc(N=Nc3ccc(N=Nc4ccccc4-n4cccc4)c4ccccc34)c3ccccc23)c1. The van der Waals surface area contributed by atoms with E-state index in [9.17, 15) is 0 Å². The Morgan fingerprint density at radius 3 is 0.854 bits per heavy atom. The Balaban J connectivity index is 1.11. The molecule has 0 aliphatic heterocycles. The Morgan fingerprint density at radius 2 is 0.521 bits per heavy atom. The highest BCUT2D eigenvalue weighted by molar-refractivity contribution is 6.01. The van der Waals surface area contributed by atoms with E-state index < -0.39 is 0 Å². The lowest BCUT2D eigenvalue weighted by atomic mass is 10.1. The quantitative estimate of drug-likeness (QED) is 0.151. The number of fused-ring (bicyclic) bond motifs is 2. The first-order chi connectivity index (χ1) is 23.8. The van der Waals surface area contributed by atoms with Crippen molar-refractivity contribution in [2.75, 3.05) is 0 Å². The van der Waals surface area contributed by atoms with Crippen molar-refractivity contribution in [2.45, 2.75) is 0 Å². The monoisotopic (exact) mass is 620 g/mol. The average molecular weight is 621 g/mol. The third kappa shape index (κ3) is 5.70. The van der Waals surface area contributed by atoms with Crippen molar-refractivity contribution in [3.63, 3.8) is 0 Å². The van der Waals surface area contributed by atoms with E-state index in [1.54, 1.807) is 0 Å². The summed E-state index contributed by atoms with van der Waals surface area (Å²) in [6.45, 7) is 0. The Labute approximate surface area is 276 Å². The van der Waals surface area contributed by atoms with E-state index in [1.165, 1.54) is 0 Å². The van der Waals surface area contributed by atoms with Gasteiger partial charge in [-0.3, -0.25) is 0 Å². The molecule has 8 heteroatoms. The van der Waals surface area contributed by atoms with Crippen LogP contribution in [-0.2, 0) is 0 Å². The van der Waals surface area contributed by atoms with Gasteiger partial charge in [0.25, 0.3) is 0 Å². The number of hydrogen-bond donors (Lipinski definition) is 0. The summed E-state index contributed by atoms with van der Waals surface area (Å²) in [4.78, 5) is 0. The zero-order valence-corrected chi connectivity index (χ0v) is 25.7. The molecule has 0 bridgehead atoms. The second kappa shape index (κ2) is 12.9. The second-order valence-corrected chi connectivity index (χ2v) is 11.1. The third-order valence-electron chi connectivity index (χ3n) is 8.08. The molecule has 228 valence electrons. The van der Waals surface area contributed by atoms with Crippen LogP contribution in [-0.4, -0.2) is 9.13 Å². The first-order valence-electron chi connectivity index (χ1n) is 15.6. The number of benzene rings is 6. The lowest BCUT2D eigenvalue weighted by Gasteiger charge is -2.08. The van der Waals surface area contributed by atoms with Crippen LogP contribution in [0.5, 0.6) is 0 Å². The van der Waals surface area contributed by atoms with Crippen molar-refractivity contribution in [3.05, 3.63) is 170 Å². The Morgan fingerprint density at radius 1 is 0.250 bits per heavy atom. The number of hydrogen-bond acceptors (Lipinski definition) is 6. The van der Waals surface area contributed by atoms with Crippen molar-refractivity contribution in [1.82, 2.24) is 9.13 Å². The topological polar surface area (TPSA) is 84.0 Å². The summed E-state index contributed by atoms with van der Waals surface area (Å²) in [6, 6.07) is 47.7. The van der Waals surface area contributed by atoms with E-state index in [0.29, 0.717) is 0 Å². The Bertz CT molecular complexity index is 2280. The normalized spacial score (nSPS) is 11.9. The molecule has 0 atom stereocenters. The van der Waals surface area contributed by atoms with Crippen LogP contribution in [0.1, 0.15) is 0 Å². The first-order valence-corrected chi connectivity index (χ1v) is 15.6. The third-order valence-corrected chi connectivity index (χ3v) is 8.08. The number of azo groups is 3. The van der Waals surface area contributed by atoms with Crippen molar-refractivity contribution >= 4 is 55.7 Å². The van der Waals surface area contributed by atoms with Gasteiger partial charge in [-0.2, -0.15) is 0 Å². The molecular weight excluding hydrogens is 592 g/mol. The van der Waals surface area contributed by atoms with E-state index in [-0.39, 0.29) is 0 Å². The molecule has 2 aromatic heterocycles. The van der Waals surface area contributed by atoms with Crippen LogP contribution in [0.25, 0.3) is 32.9 Å². The van der Waals surface area contributed by atoms with E-state index in [1.807, 2.05) is 180 Å². The summed E-state index contributed by atoms with van der Waals surface area (Å²) in [5, 5.41) is 31.8. The second-order valence-electron chi connectivity index (χ2n) is 11.1. The maximum Gasteiger partial charge on any atom is 0.110 e. The van der Waals surface area contributed by atoms with Gasteiger partial charge in [-0.1, -0.05) is 72.8 Å². The van der Waals surface area contributed by atoms with Gasteiger partial charge in [0, 0.05) is 46.3 Å². The number of para-hydroxylation sites is 2. The summed E-state index contributed by atoms with van der Waals surface area (Å²) in [5.41, 5.74) is 6.47. The first kappa shape index (κ1) is 28.7. The van der Waals surface area contributed by atoms with Gasteiger partial charge < -0.3 is 9.13 Å². The van der Waals surface area contributed by atoms with Crippen LogP contribution in [0.2, 0.25) is 0 Å². The fraction of sp³-hybridized carbons (Fsp3) is 0. The molecule has 0 aliphatic carbocycles. The summed E-state index contributed by atoms with van der Waals surface area (Å²) in [5.74, 6) is 0. The molecule has 8 aromatic rings. The average Bonchev–Trinajstić information content (AvgIpc) is 3.89. The zero-order valence-electron chi connectivity index (χ0n) is 25.7. The highest BCUT2D eigenvalue weighted by Gasteiger charge is 2.09. The summed E-state index contributed by atoms with van der Waals surface area (Å²) < 4.78 is 4.05. The molecule has 0 aliphatic rings. The van der Waals surface area contributed by atoms with Gasteiger partial charge >= 0.3 is 0 Å². The summed E-state index contributed by atoms with van der Waals surface area (Å²) in [7, 11) is 0. The molecule has 0 spiro atoms. The van der Waals surface area contributed by atoms with Crippen LogP contribution >= 0.6 is 0 Å². The van der Waals surface area contributed by atoms with Gasteiger partial charge in [0.2, 0.25) is 0 Å². The van der Waals surface area contributed by atoms with Crippen molar-refractivity contribution in [2.24, 2.45) is 30.7 Å². The van der Waals surface area contributed by atoms with Gasteiger partial charge in [0.1, 0.15) is 11.4 Å². The lowest BCUT2D eigenvalue weighted by Crippen LogP contribution is -1.89. The molecule has 0 saturated heterocycles. The van der Waals surface area contributed by atoms with Crippen LogP contribution < -0.4 is 0 Å². The van der Waals surface area contributed by atoms with Gasteiger partial charge in [-0.25, -0.2) is 0 Å². The van der Waals surface area contributed by atoms with Crippen LogP contribution in [0.15, 0.2) is 201 Å². The molecule has 0 fully saturated rings. The minimum absolute atomic E-state index is 0.742. The van der Waals surface area contributed by atoms with E-state index >= 15 is 0 Å². The van der Waals surface area contributed by atoms with Crippen LogP contribution in [0, 0.1) is 0 Å². The highest BCUT2D eigenvalue weighted by Crippen LogP contribution is 2.38. The number of nitrogens with zero attached hydrogens (tertiary/aromatic N) is 8. The molecule has 8 rings (SSSR count). The van der Waals surface area contributed by atoms with Crippen molar-refractivity contribution in [1.29, 1.82) is 0 Å². The fourth-order valence-electron chi connectivity index (χ4n) is 5.73. The molecular formula is C40H28N8. The van der Waals surface area contributed by atoms with E-state index in [0.717, 1.165) is 67.0 Å². The molecule has 6 aromatic carbocycles. The molecule has 0 unspecified atom stereocenters. The zero-order chi connectivity index (χ0) is 32.1. The fourth-order valence-corrected chi connectivity index (χ4v) is 5.73. The van der Waals surface area contributed by atoms with Crippen molar-refractivity contribution < 1.29 is 0 Å². The predicted molar refractivity (Wildman–Crippen MR) is 192 cm³/mol. The van der Waals surface area contributed by atoms with Crippen LogP contribution in [0.4, 0.5) is 34.1 Å². The summed E-state index contributed by atoms with van der Waals surface area (Å²) in [6.07, 6.45) is 7.98. The number of rotatable bonds is 8. The maximum absolute atomic E-state index is 4.72. The van der Waals surface area contributed by atoms with Gasteiger partial charge in [-0.05, 0) is 72.8 Å². The summed E-state index contributed by atoms with van der Waals surface area (Å²) >= 11 is 0. The van der Waals surface area contributed by atoms with Crippen molar-refractivity contribution in [3.8, 4) is 11.4 Å². The molecule has 0 saturated carbocycles. The molecule has 0 N–H and O–H groups in total. The molecule has 0 radical (unpaired) electrons. The Hall–Kier alpha value is -6.80. The smallest absolute Gasteiger partial charge is 0.110 e. The minimum atomic E-state index is 0.742. The van der Waals surface area contributed by atoms with E-state index in [2.05, 4.69) is 20.5 Å². The lowest BCUT2D eigenvalue weighted by molar-refractivity contribution is 1.06. The van der Waals surface area contributed by atoms with E-state index in [4.69, 9.17) is 10.2 Å². The largest absolute Gasteiger partial charge is 0.322 e. The minimum Gasteiger partial charge on any atom is -0.322 e. The predicted octanol–water partition coefficient (Wildman–Crippen LogP) is 12.8.